The first-order chi connectivity index (χ1) is 8.70. The van der Waals surface area contributed by atoms with E-state index < -0.39 is 0 Å². The minimum Gasteiger partial charge on any atom is -0.472 e. The highest BCUT2D eigenvalue weighted by molar-refractivity contribution is 5.08. The average molecular weight is 250 g/mol. The molecule has 0 radical (unpaired) electrons. The SMILES string of the molecule is CC(C)C1CCC(C(Cc2ccoc2)NN)CC1. The molecule has 0 saturated heterocycles. The third-order valence-electron chi connectivity index (χ3n) is 4.58. The molecule has 1 aliphatic rings. The van der Waals surface area contributed by atoms with E-state index in [1.54, 1.807) is 6.26 Å². The second-order valence-corrected chi connectivity index (χ2v) is 6.03. The summed E-state index contributed by atoms with van der Waals surface area (Å²) in [6.07, 6.45) is 9.84. The second-order valence-electron chi connectivity index (χ2n) is 6.03. The molecular weight excluding hydrogens is 224 g/mol. The van der Waals surface area contributed by atoms with Gasteiger partial charge < -0.3 is 4.42 Å². The fraction of sp³-hybridized carbons (Fsp3) is 0.733. The fourth-order valence-electron chi connectivity index (χ4n) is 3.24. The van der Waals surface area contributed by atoms with E-state index in [9.17, 15) is 0 Å². The summed E-state index contributed by atoms with van der Waals surface area (Å²) in [4.78, 5) is 0. The highest BCUT2D eigenvalue weighted by Gasteiger charge is 2.28. The molecule has 18 heavy (non-hydrogen) atoms. The lowest BCUT2D eigenvalue weighted by Gasteiger charge is -2.35. The predicted molar refractivity (Wildman–Crippen MR) is 73.8 cm³/mol. The standard InChI is InChI=1S/C15H26N2O/c1-11(2)13-3-5-14(6-4-13)15(17-16)9-12-7-8-18-10-12/h7-8,10-11,13-15,17H,3-6,9,16H2,1-2H3. The van der Waals surface area contributed by atoms with Crippen molar-refractivity contribution in [1.29, 1.82) is 0 Å². The van der Waals surface area contributed by atoms with Crippen molar-refractivity contribution in [3.8, 4) is 0 Å². The normalized spacial score (nSPS) is 26.4. The monoisotopic (exact) mass is 250 g/mol. The third-order valence-corrected chi connectivity index (χ3v) is 4.58. The lowest BCUT2D eigenvalue weighted by Crippen LogP contribution is -2.43. The van der Waals surface area contributed by atoms with Gasteiger partial charge in [0.05, 0.1) is 12.5 Å². The largest absolute Gasteiger partial charge is 0.472 e. The van der Waals surface area contributed by atoms with E-state index in [1.165, 1.54) is 31.2 Å². The topological polar surface area (TPSA) is 51.2 Å². The molecule has 102 valence electrons. The van der Waals surface area contributed by atoms with Gasteiger partial charge in [-0.3, -0.25) is 11.3 Å². The molecule has 0 amide bonds. The van der Waals surface area contributed by atoms with Gasteiger partial charge in [-0.25, -0.2) is 0 Å². The molecule has 0 aromatic carbocycles. The van der Waals surface area contributed by atoms with Crippen LogP contribution < -0.4 is 11.3 Å². The zero-order chi connectivity index (χ0) is 13.0. The van der Waals surface area contributed by atoms with Crippen molar-refractivity contribution in [2.75, 3.05) is 0 Å². The van der Waals surface area contributed by atoms with Gasteiger partial charge in [-0.15, -0.1) is 0 Å². The van der Waals surface area contributed by atoms with Crippen LogP contribution in [0.25, 0.3) is 0 Å². The molecule has 1 saturated carbocycles. The first kappa shape index (κ1) is 13.6. The lowest BCUT2D eigenvalue weighted by molar-refractivity contribution is 0.188. The Kier molecular flexibility index (Phi) is 4.84. The van der Waals surface area contributed by atoms with E-state index in [4.69, 9.17) is 10.3 Å². The Morgan fingerprint density at radius 2 is 1.94 bits per heavy atom. The Labute approximate surface area is 110 Å². The zero-order valence-corrected chi connectivity index (χ0v) is 11.6. The molecule has 3 heteroatoms. The maximum atomic E-state index is 5.73. The Bertz CT molecular complexity index is 326. The number of nitrogens with one attached hydrogen (secondary N) is 1. The Balaban J connectivity index is 1.86. The summed E-state index contributed by atoms with van der Waals surface area (Å²) >= 11 is 0. The number of hydrazine groups is 1. The average Bonchev–Trinajstić information content (AvgIpc) is 2.89. The summed E-state index contributed by atoms with van der Waals surface area (Å²) in [6, 6.07) is 2.42. The maximum Gasteiger partial charge on any atom is 0.0935 e. The van der Waals surface area contributed by atoms with Crippen molar-refractivity contribution in [3.63, 3.8) is 0 Å². The molecule has 3 N–H and O–H groups in total. The van der Waals surface area contributed by atoms with Crippen LogP contribution in [0.3, 0.4) is 0 Å². The van der Waals surface area contributed by atoms with Crippen LogP contribution in [0.2, 0.25) is 0 Å². The van der Waals surface area contributed by atoms with E-state index in [2.05, 4.69) is 19.3 Å². The van der Waals surface area contributed by atoms with E-state index in [-0.39, 0.29) is 0 Å². The molecule has 0 spiro atoms. The maximum absolute atomic E-state index is 5.73. The van der Waals surface area contributed by atoms with Crippen LogP contribution >= 0.6 is 0 Å². The van der Waals surface area contributed by atoms with Crippen LogP contribution in [0, 0.1) is 17.8 Å². The minimum atomic E-state index is 0.385. The van der Waals surface area contributed by atoms with E-state index >= 15 is 0 Å². The summed E-state index contributed by atoms with van der Waals surface area (Å²) in [5.74, 6) is 8.18. The van der Waals surface area contributed by atoms with Gasteiger partial charge in [0.25, 0.3) is 0 Å². The van der Waals surface area contributed by atoms with Gasteiger partial charge in [0.15, 0.2) is 0 Å². The summed E-state index contributed by atoms with van der Waals surface area (Å²) in [6.45, 7) is 4.68. The molecule has 1 unspecified atom stereocenters. The molecule has 3 nitrogen and oxygen atoms in total. The Morgan fingerprint density at radius 1 is 1.28 bits per heavy atom. The van der Waals surface area contributed by atoms with Gasteiger partial charge in [-0.2, -0.15) is 0 Å². The summed E-state index contributed by atoms with van der Waals surface area (Å²) < 4.78 is 5.13. The third kappa shape index (κ3) is 3.36. The Hall–Kier alpha value is -0.800. The first-order valence-electron chi connectivity index (χ1n) is 7.18. The van der Waals surface area contributed by atoms with Gasteiger partial charge in [-0.1, -0.05) is 13.8 Å². The molecule has 2 rings (SSSR count). The van der Waals surface area contributed by atoms with Gasteiger partial charge in [0.1, 0.15) is 0 Å². The number of rotatable bonds is 5. The number of hydrogen-bond acceptors (Lipinski definition) is 3. The van der Waals surface area contributed by atoms with E-state index in [0.29, 0.717) is 12.0 Å². The quantitative estimate of drug-likeness (QED) is 0.623. The van der Waals surface area contributed by atoms with Crippen LogP contribution in [-0.2, 0) is 6.42 Å². The van der Waals surface area contributed by atoms with Crippen LogP contribution in [0.15, 0.2) is 23.0 Å². The minimum absolute atomic E-state index is 0.385. The van der Waals surface area contributed by atoms with Gasteiger partial charge >= 0.3 is 0 Å². The van der Waals surface area contributed by atoms with Crippen molar-refractivity contribution in [2.24, 2.45) is 23.6 Å². The molecule has 0 bridgehead atoms. The van der Waals surface area contributed by atoms with Crippen molar-refractivity contribution in [3.05, 3.63) is 24.2 Å². The smallest absolute Gasteiger partial charge is 0.0935 e. The molecule has 1 fully saturated rings. The molecule has 0 aliphatic heterocycles. The fourth-order valence-corrected chi connectivity index (χ4v) is 3.24. The second kappa shape index (κ2) is 6.39. The highest BCUT2D eigenvalue weighted by Crippen LogP contribution is 2.35. The van der Waals surface area contributed by atoms with Crippen LogP contribution in [0.1, 0.15) is 45.1 Å². The molecule has 1 aliphatic carbocycles. The summed E-state index contributed by atoms with van der Waals surface area (Å²) in [5.41, 5.74) is 4.25. The number of furan rings is 1. The van der Waals surface area contributed by atoms with E-state index in [0.717, 1.165) is 18.3 Å². The highest BCUT2D eigenvalue weighted by atomic mass is 16.3. The predicted octanol–water partition coefficient (Wildman–Crippen LogP) is 3.12. The Morgan fingerprint density at radius 3 is 2.44 bits per heavy atom. The van der Waals surface area contributed by atoms with Crippen LogP contribution in [-0.4, -0.2) is 6.04 Å². The van der Waals surface area contributed by atoms with Gasteiger partial charge in [-0.05, 0) is 61.5 Å². The van der Waals surface area contributed by atoms with Crippen molar-refractivity contribution in [1.82, 2.24) is 5.43 Å². The molecule has 1 heterocycles. The molecule has 1 aromatic heterocycles. The van der Waals surface area contributed by atoms with E-state index in [1.807, 2.05) is 12.3 Å². The lowest BCUT2D eigenvalue weighted by atomic mass is 9.74. The molecular formula is C15H26N2O. The molecule has 1 aromatic rings. The summed E-state index contributed by atoms with van der Waals surface area (Å²) in [5, 5.41) is 0. The number of hydrogen-bond donors (Lipinski definition) is 2. The van der Waals surface area contributed by atoms with Crippen LogP contribution in [0.4, 0.5) is 0 Å². The van der Waals surface area contributed by atoms with Crippen molar-refractivity contribution < 1.29 is 4.42 Å². The molecule has 1 atom stereocenters. The number of nitrogens with two attached hydrogens (primary N) is 1. The van der Waals surface area contributed by atoms with Crippen molar-refractivity contribution >= 4 is 0 Å². The summed E-state index contributed by atoms with van der Waals surface area (Å²) in [7, 11) is 0. The zero-order valence-electron chi connectivity index (χ0n) is 11.6. The van der Waals surface area contributed by atoms with Gasteiger partial charge in [0.2, 0.25) is 0 Å². The van der Waals surface area contributed by atoms with Gasteiger partial charge in [0, 0.05) is 6.04 Å². The van der Waals surface area contributed by atoms with Crippen LogP contribution in [0.5, 0.6) is 0 Å². The van der Waals surface area contributed by atoms with Crippen molar-refractivity contribution in [2.45, 2.75) is 52.0 Å². The first-order valence-corrected chi connectivity index (χ1v) is 7.18.